The second-order valence-electron chi connectivity index (χ2n) is 4.78. The number of benzene rings is 2. The lowest BCUT2D eigenvalue weighted by Crippen LogP contribution is -1.97. The Kier molecular flexibility index (Phi) is 2.07. The van der Waals surface area contributed by atoms with E-state index in [4.69, 9.17) is 4.98 Å². The van der Waals surface area contributed by atoms with E-state index in [1.54, 1.807) is 0 Å². The van der Waals surface area contributed by atoms with Gasteiger partial charge in [-0.2, -0.15) is 5.26 Å². The molecule has 2 aromatic heterocycles. The molecule has 0 spiro atoms. The van der Waals surface area contributed by atoms with Crippen molar-refractivity contribution in [2.24, 2.45) is 0 Å². The summed E-state index contributed by atoms with van der Waals surface area (Å²) in [5.74, 6) is 0.367. The van der Waals surface area contributed by atoms with Crippen LogP contribution in [0.1, 0.15) is 11.4 Å². The smallest absolute Gasteiger partial charge is 0.219 e. The van der Waals surface area contributed by atoms with Crippen LogP contribution in [0.25, 0.3) is 27.6 Å². The summed E-state index contributed by atoms with van der Waals surface area (Å²) in [5, 5.41) is 10.3. The molecule has 2 heterocycles. The Balaban J connectivity index is 2.39. The number of imidazole rings is 1. The van der Waals surface area contributed by atoms with Gasteiger partial charge in [0.2, 0.25) is 5.82 Å². The van der Waals surface area contributed by atoms with Crippen LogP contribution in [0.3, 0.4) is 0 Å². The SMILES string of the molecule is Cc1cccc2c1nc1c3ccccc3nc(C#N)n21. The molecular formula is C16H10N4. The minimum atomic E-state index is 0.367. The highest BCUT2D eigenvalue weighted by atomic mass is 15.1. The maximum Gasteiger partial charge on any atom is 0.219 e. The number of nitrogens with zero attached hydrogens (tertiary/aromatic N) is 4. The normalized spacial score (nSPS) is 11.2. The number of fused-ring (bicyclic) bond motifs is 5. The molecule has 0 N–H and O–H groups in total. The summed E-state index contributed by atoms with van der Waals surface area (Å²) in [6.07, 6.45) is 0. The molecule has 0 unspecified atom stereocenters. The average molecular weight is 258 g/mol. The van der Waals surface area contributed by atoms with E-state index >= 15 is 0 Å². The highest BCUT2D eigenvalue weighted by Crippen LogP contribution is 2.25. The topological polar surface area (TPSA) is 54.0 Å². The second-order valence-corrected chi connectivity index (χ2v) is 4.78. The number of rotatable bonds is 0. The fourth-order valence-corrected chi connectivity index (χ4v) is 2.63. The first-order valence-corrected chi connectivity index (χ1v) is 6.36. The van der Waals surface area contributed by atoms with Crippen molar-refractivity contribution in [3.63, 3.8) is 0 Å². The standard InChI is InChI=1S/C16H10N4/c1-10-5-4-8-13-15(10)19-16-11-6-2-3-7-12(11)18-14(9-17)20(13)16/h2-8H,1H3. The van der Waals surface area contributed by atoms with Gasteiger partial charge in [0.25, 0.3) is 0 Å². The molecule has 4 aromatic rings. The Morgan fingerprint density at radius 3 is 2.75 bits per heavy atom. The number of hydrogen-bond acceptors (Lipinski definition) is 3. The fourth-order valence-electron chi connectivity index (χ4n) is 2.63. The molecule has 94 valence electrons. The van der Waals surface area contributed by atoms with Crippen molar-refractivity contribution in [2.75, 3.05) is 0 Å². The lowest BCUT2D eigenvalue weighted by molar-refractivity contribution is 1.10. The van der Waals surface area contributed by atoms with Crippen LogP contribution in [0.5, 0.6) is 0 Å². The van der Waals surface area contributed by atoms with E-state index in [1.807, 2.05) is 53.8 Å². The predicted molar refractivity (Wildman–Crippen MR) is 77.5 cm³/mol. The molecule has 0 fully saturated rings. The van der Waals surface area contributed by atoms with Gasteiger partial charge in [-0.25, -0.2) is 9.97 Å². The van der Waals surface area contributed by atoms with Gasteiger partial charge in [-0.15, -0.1) is 0 Å². The van der Waals surface area contributed by atoms with Crippen molar-refractivity contribution in [3.8, 4) is 6.07 Å². The number of para-hydroxylation sites is 2. The van der Waals surface area contributed by atoms with Gasteiger partial charge in [0.15, 0.2) is 0 Å². The Morgan fingerprint density at radius 2 is 1.90 bits per heavy atom. The number of aryl methyl sites for hydroxylation is 1. The summed E-state index contributed by atoms with van der Waals surface area (Å²) < 4.78 is 1.84. The Hall–Kier alpha value is -2.93. The third-order valence-electron chi connectivity index (χ3n) is 3.57. The average Bonchev–Trinajstić information content (AvgIpc) is 2.88. The van der Waals surface area contributed by atoms with E-state index in [2.05, 4.69) is 11.1 Å². The lowest BCUT2D eigenvalue weighted by Gasteiger charge is -2.02. The van der Waals surface area contributed by atoms with Crippen LogP contribution >= 0.6 is 0 Å². The Morgan fingerprint density at radius 1 is 1.05 bits per heavy atom. The largest absolute Gasteiger partial charge is 0.267 e. The summed E-state index contributed by atoms with van der Waals surface area (Å²) in [7, 11) is 0. The quantitative estimate of drug-likeness (QED) is 0.486. The molecule has 0 amide bonds. The van der Waals surface area contributed by atoms with E-state index in [9.17, 15) is 5.26 Å². The molecule has 0 atom stereocenters. The van der Waals surface area contributed by atoms with Crippen LogP contribution in [0.15, 0.2) is 42.5 Å². The molecule has 4 heteroatoms. The van der Waals surface area contributed by atoms with Crippen LogP contribution in [-0.4, -0.2) is 14.4 Å². The highest BCUT2D eigenvalue weighted by Gasteiger charge is 2.14. The number of aromatic nitrogens is 3. The predicted octanol–water partition coefficient (Wildman–Crippen LogP) is 3.22. The fraction of sp³-hybridized carbons (Fsp3) is 0.0625. The second kappa shape index (κ2) is 3.78. The van der Waals surface area contributed by atoms with Gasteiger partial charge in [0.1, 0.15) is 11.7 Å². The summed E-state index contributed by atoms with van der Waals surface area (Å²) in [6.45, 7) is 2.02. The van der Waals surface area contributed by atoms with Gasteiger partial charge >= 0.3 is 0 Å². The van der Waals surface area contributed by atoms with Crippen LogP contribution in [0.2, 0.25) is 0 Å². The monoisotopic (exact) mass is 258 g/mol. The zero-order valence-electron chi connectivity index (χ0n) is 10.8. The van der Waals surface area contributed by atoms with E-state index < -0.39 is 0 Å². The molecular weight excluding hydrogens is 248 g/mol. The van der Waals surface area contributed by atoms with Crippen molar-refractivity contribution in [1.29, 1.82) is 5.26 Å². The zero-order chi connectivity index (χ0) is 13.7. The molecule has 0 saturated carbocycles. The van der Waals surface area contributed by atoms with Crippen molar-refractivity contribution < 1.29 is 0 Å². The highest BCUT2D eigenvalue weighted by molar-refractivity contribution is 5.97. The first-order chi connectivity index (χ1) is 9.79. The molecule has 0 saturated heterocycles. The number of hydrogen-bond donors (Lipinski definition) is 0. The summed E-state index contributed by atoms with van der Waals surface area (Å²) in [4.78, 5) is 9.16. The zero-order valence-corrected chi connectivity index (χ0v) is 10.8. The molecule has 0 bridgehead atoms. The van der Waals surface area contributed by atoms with Gasteiger partial charge in [0.05, 0.1) is 16.6 Å². The van der Waals surface area contributed by atoms with E-state index in [0.29, 0.717) is 5.82 Å². The van der Waals surface area contributed by atoms with Crippen molar-refractivity contribution in [3.05, 3.63) is 53.9 Å². The minimum absolute atomic E-state index is 0.367. The third-order valence-corrected chi connectivity index (χ3v) is 3.57. The summed E-state index contributed by atoms with van der Waals surface area (Å²) in [6, 6.07) is 15.9. The Bertz CT molecular complexity index is 1020. The Labute approximate surface area is 114 Å². The van der Waals surface area contributed by atoms with Gasteiger partial charge in [-0.05, 0) is 30.7 Å². The van der Waals surface area contributed by atoms with Gasteiger partial charge in [-0.1, -0.05) is 24.3 Å². The molecule has 0 aliphatic rings. The molecule has 4 rings (SSSR count). The van der Waals surface area contributed by atoms with Gasteiger partial charge in [-0.3, -0.25) is 4.40 Å². The first-order valence-electron chi connectivity index (χ1n) is 6.36. The van der Waals surface area contributed by atoms with Crippen molar-refractivity contribution in [2.45, 2.75) is 6.92 Å². The number of nitriles is 1. The molecule has 0 radical (unpaired) electrons. The summed E-state index contributed by atoms with van der Waals surface area (Å²) in [5.41, 5.74) is 4.53. The molecule has 4 nitrogen and oxygen atoms in total. The molecule has 20 heavy (non-hydrogen) atoms. The minimum Gasteiger partial charge on any atom is -0.267 e. The van der Waals surface area contributed by atoms with Crippen LogP contribution in [0, 0.1) is 18.3 Å². The lowest BCUT2D eigenvalue weighted by atomic mass is 10.2. The van der Waals surface area contributed by atoms with E-state index in [0.717, 1.165) is 33.1 Å². The third kappa shape index (κ3) is 1.29. The van der Waals surface area contributed by atoms with Crippen LogP contribution < -0.4 is 0 Å². The first kappa shape index (κ1) is 10.9. The van der Waals surface area contributed by atoms with E-state index in [1.165, 1.54) is 0 Å². The van der Waals surface area contributed by atoms with Crippen molar-refractivity contribution in [1.82, 2.24) is 14.4 Å². The van der Waals surface area contributed by atoms with Gasteiger partial charge < -0.3 is 0 Å². The molecule has 0 aliphatic heterocycles. The van der Waals surface area contributed by atoms with E-state index in [-0.39, 0.29) is 0 Å². The maximum atomic E-state index is 9.38. The molecule has 2 aromatic carbocycles. The van der Waals surface area contributed by atoms with Gasteiger partial charge in [0, 0.05) is 5.39 Å². The maximum absolute atomic E-state index is 9.38. The van der Waals surface area contributed by atoms with Crippen LogP contribution in [0.4, 0.5) is 0 Å². The van der Waals surface area contributed by atoms with Crippen molar-refractivity contribution >= 4 is 27.6 Å². The summed E-state index contributed by atoms with van der Waals surface area (Å²) >= 11 is 0. The van der Waals surface area contributed by atoms with Crippen LogP contribution in [-0.2, 0) is 0 Å². The molecule has 0 aliphatic carbocycles.